The van der Waals surface area contributed by atoms with E-state index in [1.807, 2.05) is 0 Å². The monoisotopic (exact) mass is 380 g/mol. The molecule has 0 saturated heterocycles. The molecule has 1 aromatic carbocycles. The Morgan fingerprint density at radius 1 is 1.31 bits per heavy atom. The highest BCUT2D eigenvalue weighted by atomic mass is 32.2. The van der Waals surface area contributed by atoms with Gasteiger partial charge in [0.1, 0.15) is 6.10 Å². The van der Waals surface area contributed by atoms with Crippen LogP contribution in [0, 0.1) is 0 Å². The van der Waals surface area contributed by atoms with Gasteiger partial charge < -0.3 is 10.1 Å². The Labute approximate surface area is 156 Å². The molecule has 0 bridgehead atoms. The first-order chi connectivity index (χ1) is 12.4. The van der Waals surface area contributed by atoms with E-state index in [2.05, 4.69) is 11.9 Å². The molecular formula is C19H28N2O4S. The van der Waals surface area contributed by atoms with Crippen molar-refractivity contribution in [2.75, 3.05) is 19.0 Å². The van der Waals surface area contributed by atoms with Crippen molar-refractivity contribution in [2.45, 2.75) is 56.1 Å². The van der Waals surface area contributed by atoms with Crippen molar-refractivity contribution in [3.8, 4) is 0 Å². The molecule has 6 nitrogen and oxygen atoms in total. The lowest BCUT2D eigenvalue weighted by Crippen LogP contribution is -2.38. The predicted molar refractivity (Wildman–Crippen MR) is 103 cm³/mol. The second-order valence-electron chi connectivity index (χ2n) is 6.59. The average Bonchev–Trinajstić information content (AvgIpc) is 2.66. The summed E-state index contributed by atoms with van der Waals surface area (Å²) in [6.45, 7) is 5.48. The van der Waals surface area contributed by atoms with Crippen LogP contribution in [0.15, 0.2) is 41.8 Å². The van der Waals surface area contributed by atoms with Crippen LogP contribution < -0.4 is 5.32 Å². The molecule has 1 aliphatic rings. The lowest BCUT2D eigenvalue weighted by molar-refractivity contribution is -0.125. The van der Waals surface area contributed by atoms with E-state index in [-0.39, 0.29) is 16.8 Å². The number of anilines is 1. The van der Waals surface area contributed by atoms with Gasteiger partial charge in [-0.25, -0.2) is 8.42 Å². The van der Waals surface area contributed by atoms with Gasteiger partial charge in [-0.05, 0) is 44.0 Å². The van der Waals surface area contributed by atoms with Crippen molar-refractivity contribution < 1.29 is 17.9 Å². The zero-order chi connectivity index (χ0) is 19.2. The van der Waals surface area contributed by atoms with Gasteiger partial charge in [0.2, 0.25) is 10.0 Å². The first kappa shape index (κ1) is 20.6. The second-order valence-corrected chi connectivity index (χ2v) is 8.59. The highest BCUT2D eigenvalue weighted by Gasteiger charge is 2.29. The number of amides is 1. The van der Waals surface area contributed by atoms with E-state index in [0.29, 0.717) is 12.3 Å². The van der Waals surface area contributed by atoms with E-state index in [1.165, 1.54) is 22.9 Å². The van der Waals surface area contributed by atoms with E-state index in [9.17, 15) is 13.2 Å². The molecule has 144 valence electrons. The zero-order valence-electron chi connectivity index (χ0n) is 15.5. The van der Waals surface area contributed by atoms with Crippen molar-refractivity contribution >= 4 is 21.6 Å². The smallest absolute Gasteiger partial charge is 0.253 e. The van der Waals surface area contributed by atoms with Crippen LogP contribution in [0.1, 0.15) is 39.0 Å². The third-order valence-electron chi connectivity index (χ3n) is 4.72. The van der Waals surface area contributed by atoms with Gasteiger partial charge in [-0.2, -0.15) is 4.31 Å². The minimum atomic E-state index is -3.53. The summed E-state index contributed by atoms with van der Waals surface area (Å²) in [5.41, 5.74) is 0.531. The molecular weight excluding hydrogens is 352 g/mol. The summed E-state index contributed by atoms with van der Waals surface area (Å²) in [7, 11) is -1.87. The molecule has 1 saturated carbocycles. The third kappa shape index (κ3) is 5.16. The van der Waals surface area contributed by atoms with Crippen LogP contribution in [-0.4, -0.2) is 44.4 Å². The molecule has 0 radical (unpaired) electrons. The van der Waals surface area contributed by atoms with E-state index in [4.69, 9.17) is 4.74 Å². The van der Waals surface area contributed by atoms with E-state index >= 15 is 0 Å². The number of rotatable bonds is 8. The number of hydrogen-bond acceptors (Lipinski definition) is 4. The summed E-state index contributed by atoms with van der Waals surface area (Å²) >= 11 is 0. The van der Waals surface area contributed by atoms with Crippen LogP contribution in [0.3, 0.4) is 0 Å². The summed E-state index contributed by atoms with van der Waals surface area (Å²) in [6.07, 6.45) is 6.09. The van der Waals surface area contributed by atoms with Crippen molar-refractivity contribution in [3.05, 3.63) is 36.9 Å². The normalized spacial score (nSPS) is 17.0. The minimum absolute atomic E-state index is 0.0657. The zero-order valence-corrected chi connectivity index (χ0v) is 16.3. The van der Waals surface area contributed by atoms with Crippen molar-refractivity contribution in [1.82, 2.24) is 4.31 Å². The summed E-state index contributed by atoms with van der Waals surface area (Å²) in [5, 5.41) is 2.72. The number of carbonyl (C=O) groups is 1. The molecule has 26 heavy (non-hydrogen) atoms. The molecule has 1 unspecified atom stereocenters. The lowest BCUT2D eigenvalue weighted by atomic mass is 9.96. The molecule has 1 atom stereocenters. The van der Waals surface area contributed by atoms with Gasteiger partial charge in [-0.1, -0.05) is 25.3 Å². The van der Waals surface area contributed by atoms with Gasteiger partial charge in [0.25, 0.3) is 5.91 Å². The van der Waals surface area contributed by atoms with Crippen LogP contribution in [-0.2, 0) is 19.6 Å². The number of nitrogens with one attached hydrogen (secondary N) is 1. The summed E-state index contributed by atoms with van der Waals surface area (Å²) in [4.78, 5) is 12.3. The van der Waals surface area contributed by atoms with Gasteiger partial charge in [0.15, 0.2) is 0 Å². The molecule has 1 aromatic rings. The maximum atomic E-state index is 12.8. The number of nitrogens with zero attached hydrogens (tertiary/aromatic N) is 1. The molecule has 1 N–H and O–H groups in total. The number of hydrogen-bond donors (Lipinski definition) is 1. The lowest BCUT2D eigenvalue weighted by Gasteiger charge is -2.30. The van der Waals surface area contributed by atoms with Crippen LogP contribution in [0.5, 0.6) is 0 Å². The van der Waals surface area contributed by atoms with Crippen molar-refractivity contribution in [3.63, 3.8) is 0 Å². The Bertz CT molecular complexity index is 710. The summed E-state index contributed by atoms with van der Waals surface area (Å²) < 4.78 is 32.4. The SMILES string of the molecule is C=CCOC(C)C(=O)Nc1ccc(S(=O)(=O)N(C)C2CCCCC2)cc1. The molecule has 0 aliphatic heterocycles. The second kappa shape index (κ2) is 9.30. The van der Waals surface area contributed by atoms with Gasteiger partial charge in [0, 0.05) is 18.8 Å². The largest absolute Gasteiger partial charge is 0.365 e. The minimum Gasteiger partial charge on any atom is -0.365 e. The molecule has 1 fully saturated rings. The van der Waals surface area contributed by atoms with Crippen molar-refractivity contribution in [1.29, 1.82) is 0 Å². The molecule has 2 rings (SSSR count). The Balaban J connectivity index is 2.03. The fraction of sp³-hybridized carbons (Fsp3) is 0.526. The quantitative estimate of drug-likeness (QED) is 0.703. The van der Waals surface area contributed by atoms with Crippen molar-refractivity contribution in [2.24, 2.45) is 0 Å². The van der Waals surface area contributed by atoms with Crippen LogP contribution in [0.2, 0.25) is 0 Å². The van der Waals surface area contributed by atoms with Crippen LogP contribution in [0.25, 0.3) is 0 Å². The topological polar surface area (TPSA) is 75.7 Å². The van der Waals surface area contributed by atoms with Crippen LogP contribution >= 0.6 is 0 Å². The Hall–Kier alpha value is -1.70. The van der Waals surface area contributed by atoms with Gasteiger partial charge in [-0.15, -0.1) is 6.58 Å². The first-order valence-electron chi connectivity index (χ1n) is 8.97. The Morgan fingerprint density at radius 3 is 2.50 bits per heavy atom. The predicted octanol–water partition coefficient (Wildman–Crippen LogP) is 3.17. The molecule has 0 spiro atoms. The van der Waals surface area contributed by atoms with E-state index in [0.717, 1.165) is 25.7 Å². The Morgan fingerprint density at radius 2 is 1.92 bits per heavy atom. The number of sulfonamides is 1. The average molecular weight is 381 g/mol. The molecule has 1 amide bonds. The summed E-state index contributed by atoms with van der Waals surface area (Å²) in [6, 6.07) is 6.31. The van der Waals surface area contributed by atoms with Gasteiger partial charge >= 0.3 is 0 Å². The van der Waals surface area contributed by atoms with E-state index in [1.54, 1.807) is 32.2 Å². The third-order valence-corrected chi connectivity index (χ3v) is 6.65. The number of carbonyl (C=O) groups excluding carboxylic acids is 1. The number of benzene rings is 1. The highest BCUT2D eigenvalue weighted by molar-refractivity contribution is 7.89. The fourth-order valence-electron chi connectivity index (χ4n) is 3.05. The molecule has 1 aliphatic carbocycles. The standard InChI is InChI=1S/C19H28N2O4S/c1-4-14-25-15(2)19(22)20-16-10-12-18(13-11-16)26(23,24)21(3)17-8-6-5-7-9-17/h4,10-13,15,17H,1,5-9,14H2,2-3H3,(H,20,22). The molecule has 7 heteroatoms. The van der Waals surface area contributed by atoms with E-state index < -0.39 is 16.1 Å². The number of ether oxygens (including phenoxy) is 1. The first-order valence-corrected chi connectivity index (χ1v) is 10.4. The summed E-state index contributed by atoms with van der Waals surface area (Å²) in [5.74, 6) is -0.290. The molecule has 0 aromatic heterocycles. The fourth-order valence-corrected chi connectivity index (χ4v) is 4.47. The Kier molecular flexibility index (Phi) is 7.37. The maximum Gasteiger partial charge on any atom is 0.253 e. The van der Waals surface area contributed by atoms with Gasteiger partial charge in [0.05, 0.1) is 11.5 Å². The highest BCUT2D eigenvalue weighted by Crippen LogP contribution is 2.27. The maximum absolute atomic E-state index is 12.8. The van der Waals surface area contributed by atoms with Gasteiger partial charge in [-0.3, -0.25) is 4.79 Å². The molecule has 0 heterocycles. The van der Waals surface area contributed by atoms with Crippen LogP contribution in [0.4, 0.5) is 5.69 Å².